The highest BCUT2D eigenvalue weighted by Gasteiger charge is 2.21. The molecule has 0 aliphatic heterocycles. The minimum atomic E-state index is -0.402. The highest BCUT2D eigenvalue weighted by Crippen LogP contribution is 2.27. The Balaban J connectivity index is 0.00000208. The number of benzene rings is 1. The number of para-hydroxylation sites is 1. The van der Waals surface area contributed by atoms with Gasteiger partial charge in [-0.05, 0) is 24.0 Å². The van der Waals surface area contributed by atoms with Crippen LogP contribution in [0.15, 0.2) is 36.5 Å². The van der Waals surface area contributed by atoms with Crippen molar-refractivity contribution in [2.45, 2.75) is 51.1 Å². The molecule has 0 spiro atoms. The number of amides is 1. The number of carbonyl (C=O) groups is 1. The number of hydrogen-bond donors (Lipinski definition) is 2. The fourth-order valence-electron chi connectivity index (χ4n) is 3.51. The standard InChI is InChI=1S/C19H25N3O.ClH/c20-17(12-14-6-2-1-3-7-14)19(23)22-13-16-9-4-8-15-10-5-11-21-18(15)16;/h4-5,8-11,14,17H,1-3,6-7,12-13,20H2,(H,22,23);1H. The second-order valence-corrected chi connectivity index (χ2v) is 6.56. The Morgan fingerprint density at radius 3 is 2.75 bits per heavy atom. The Hall–Kier alpha value is -1.65. The molecule has 3 rings (SSSR count). The Morgan fingerprint density at radius 2 is 1.96 bits per heavy atom. The number of carbonyl (C=O) groups excluding carboxylic acids is 1. The summed E-state index contributed by atoms with van der Waals surface area (Å²) in [4.78, 5) is 16.7. The van der Waals surface area contributed by atoms with Gasteiger partial charge in [0, 0.05) is 18.1 Å². The van der Waals surface area contributed by atoms with Gasteiger partial charge in [-0.1, -0.05) is 56.4 Å². The van der Waals surface area contributed by atoms with Crippen LogP contribution in [0.4, 0.5) is 0 Å². The molecule has 24 heavy (non-hydrogen) atoms. The van der Waals surface area contributed by atoms with Crippen LogP contribution >= 0.6 is 12.4 Å². The Labute approximate surface area is 149 Å². The van der Waals surface area contributed by atoms with Gasteiger partial charge in [-0.15, -0.1) is 12.4 Å². The molecule has 1 aliphatic rings. The molecule has 1 aromatic carbocycles. The van der Waals surface area contributed by atoms with Crippen molar-refractivity contribution in [3.8, 4) is 0 Å². The van der Waals surface area contributed by atoms with Crippen LogP contribution < -0.4 is 11.1 Å². The largest absolute Gasteiger partial charge is 0.351 e. The maximum atomic E-state index is 12.3. The monoisotopic (exact) mass is 347 g/mol. The van der Waals surface area contributed by atoms with Gasteiger partial charge in [-0.3, -0.25) is 9.78 Å². The summed E-state index contributed by atoms with van der Waals surface area (Å²) in [6.07, 6.45) is 8.90. The zero-order valence-electron chi connectivity index (χ0n) is 13.9. The second kappa shape index (κ2) is 9.00. The summed E-state index contributed by atoms with van der Waals surface area (Å²) in [5.74, 6) is 0.562. The van der Waals surface area contributed by atoms with E-state index in [4.69, 9.17) is 5.73 Å². The van der Waals surface area contributed by atoms with Crippen molar-refractivity contribution in [3.05, 3.63) is 42.1 Å². The molecule has 1 atom stereocenters. The molecule has 5 heteroatoms. The fourth-order valence-corrected chi connectivity index (χ4v) is 3.51. The average Bonchev–Trinajstić information content (AvgIpc) is 2.60. The van der Waals surface area contributed by atoms with Crippen LogP contribution in [0.25, 0.3) is 10.9 Å². The lowest BCUT2D eigenvalue weighted by molar-refractivity contribution is -0.122. The summed E-state index contributed by atoms with van der Waals surface area (Å²) < 4.78 is 0. The minimum Gasteiger partial charge on any atom is -0.351 e. The van der Waals surface area contributed by atoms with E-state index in [9.17, 15) is 4.79 Å². The van der Waals surface area contributed by atoms with Crippen LogP contribution in [0, 0.1) is 5.92 Å². The van der Waals surface area contributed by atoms with E-state index in [1.807, 2.05) is 30.3 Å². The topological polar surface area (TPSA) is 68.0 Å². The number of rotatable bonds is 5. The summed E-state index contributed by atoms with van der Waals surface area (Å²) in [6.45, 7) is 0.478. The van der Waals surface area contributed by atoms with Crippen LogP contribution in [-0.2, 0) is 11.3 Å². The predicted molar refractivity (Wildman–Crippen MR) is 100 cm³/mol. The molecule has 1 amide bonds. The molecule has 1 aliphatic carbocycles. The van der Waals surface area contributed by atoms with Crippen molar-refractivity contribution in [1.29, 1.82) is 0 Å². The van der Waals surface area contributed by atoms with Crippen LogP contribution in [0.5, 0.6) is 0 Å². The maximum Gasteiger partial charge on any atom is 0.237 e. The van der Waals surface area contributed by atoms with Gasteiger partial charge >= 0.3 is 0 Å². The molecule has 1 saturated carbocycles. The molecule has 0 bridgehead atoms. The molecule has 0 radical (unpaired) electrons. The van der Waals surface area contributed by atoms with Gasteiger partial charge in [0.1, 0.15) is 0 Å². The van der Waals surface area contributed by atoms with Gasteiger partial charge in [0.15, 0.2) is 0 Å². The molecular formula is C19H26ClN3O. The third-order valence-electron chi connectivity index (χ3n) is 4.82. The second-order valence-electron chi connectivity index (χ2n) is 6.56. The molecule has 1 aromatic heterocycles. The van der Waals surface area contributed by atoms with E-state index in [0.717, 1.165) is 22.9 Å². The molecule has 0 saturated heterocycles. The lowest BCUT2D eigenvalue weighted by Crippen LogP contribution is -2.41. The SMILES string of the molecule is Cl.NC(CC1CCCCC1)C(=O)NCc1cccc2cccnc12. The van der Waals surface area contributed by atoms with Gasteiger partial charge in [0.05, 0.1) is 11.6 Å². The van der Waals surface area contributed by atoms with Gasteiger partial charge in [-0.2, -0.15) is 0 Å². The smallest absolute Gasteiger partial charge is 0.237 e. The number of pyridine rings is 1. The minimum absolute atomic E-state index is 0. The van der Waals surface area contributed by atoms with Gasteiger partial charge in [0.2, 0.25) is 5.91 Å². The number of aromatic nitrogens is 1. The summed E-state index contributed by atoms with van der Waals surface area (Å²) in [5, 5.41) is 4.07. The fraction of sp³-hybridized carbons (Fsp3) is 0.474. The van der Waals surface area contributed by atoms with Gasteiger partial charge in [-0.25, -0.2) is 0 Å². The summed E-state index contributed by atoms with van der Waals surface area (Å²) in [6, 6.07) is 9.58. The normalized spacial score (nSPS) is 16.4. The number of nitrogens with zero attached hydrogens (tertiary/aromatic N) is 1. The van der Waals surface area contributed by atoms with Crippen LogP contribution in [0.1, 0.15) is 44.1 Å². The van der Waals surface area contributed by atoms with E-state index in [-0.39, 0.29) is 18.3 Å². The van der Waals surface area contributed by atoms with E-state index in [2.05, 4.69) is 10.3 Å². The third kappa shape index (κ3) is 4.68. The van der Waals surface area contributed by atoms with Crippen molar-refractivity contribution in [1.82, 2.24) is 10.3 Å². The molecule has 1 fully saturated rings. The Kier molecular flexibility index (Phi) is 7.00. The molecule has 3 N–H and O–H groups in total. The number of nitrogens with two attached hydrogens (primary N) is 1. The number of fused-ring (bicyclic) bond motifs is 1. The first-order chi connectivity index (χ1) is 11.2. The molecule has 1 heterocycles. The Bertz CT molecular complexity index is 665. The summed E-state index contributed by atoms with van der Waals surface area (Å²) >= 11 is 0. The van der Waals surface area contributed by atoms with Crippen molar-refractivity contribution < 1.29 is 4.79 Å². The van der Waals surface area contributed by atoms with E-state index in [1.54, 1.807) is 6.20 Å². The van der Waals surface area contributed by atoms with Crippen molar-refractivity contribution in [2.75, 3.05) is 0 Å². The molecular weight excluding hydrogens is 322 g/mol. The van der Waals surface area contributed by atoms with Crippen LogP contribution in [-0.4, -0.2) is 16.9 Å². The first kappa shape index (κ1) is 18.7. The highest BCUT2D eigenvalue weighted by molar-refractivity contribution is 5.85. The lowest BCUT2D eigenvalue weighted by atomic mass is 9.85. The van der Waals surface area contributed by atoms with E-state index < -0.39 is 6.04 Å². The predicted octanol–water partition coefficient (Wildman–Crippen LogP) is 3.57. The number of hydrogen-bond acceptors (Lipinski definition) is 3. The number of halogens is 1. The molecule has 2 aromatic rings. The molecule has 1 unspecified atom stereocenters. The number of nitrogens with one attached hydrogen (secondary N) is 1. The Morgan fingerprint density at radius 1 is 1.21 bits per heavy atom. The average molecular weight is 348 g/mol. The van der Waals surface area contributed by atoms with Crippen molar-refractivity contribution in [3.63, 3.8) is 0 Å². The summed E-state index contributed by atoms with van der Waals surface area (Å²) in [5.41, 5.74) is 8.07. The highest BCUT2D eigenvalue weighted by atomic mass is 35.5. The zero-order chi connectivity index (χ0) is 16.1. The van der Waals surface area contributed by atoms with E-state index in [0.29, 0.717) is 12.5 Å². The van der Waals surface area contributed by atoms with Crippen molar-refractivity contribution in [2.24, 2.45) is 11.7 Å². The van der Waals surface area contributed by atoms with Gasteiger partial charge in [0.25, 0.3) is 0 Å². The maximum absolute atomic E-state index is 12.3. The lowest BCUT2D eigenvalue weighted by Gasteiger charge is -2.24. The van der Waals surface area contributed by atoms with Gasteiger partial charge < -0.3 is 11.1 Å². The first-order valence-corrected chi connectivity index (χ1v) is 8.60. The van der Waals surface area contributed by atoms with E-state index >= 15 is 0 Å². The molecule has 4 nitrogen and oxygen atoms in total. The zero-order valence-corrected chi connectivity index (χ0v) is 14.7. The first-order valence-electron chi connectivity index (χ1n) is 8.60. The van der Waals surface area contributed by atoms with E-state index in [1.165, 1.54) is 32.1 Å². The summed E-state index contributed by atoms with van der Waals surface area (Å²) in [7, 11) is 0. The quantitative estimate of drug-likeness (QED) is 0.868. The van der Waals surface area contributed by atoms with Crippen LogP contribution in [0.3, 0.4) is 0 Å². The molecule has 130 valence electrons. The van der Waals surface area contributed by atoms with Crippen LogP contribution in [0.2, 0.25) is 0 Å². The third-order valence-corrected chi connectivity index (χ3v) is 4.82. The van der Waals surface area contributed by atoms with Crippen molar-refractivity contribution >= 4 is 29.2 Å².